The molecule has 0 aromatic heterocycles. The molecular formula is C30H48F2O3. The molecule has 200 valence electrons. The Morgan fingerprint density at radius 3 is 2.03 bits per heavy atom. The average Bonchev–Trinajstić information content (AvgIpc) is 3.12. The number of rotatable bonds is 2. The number of ether oxygens (including phenoxy) is 1. The Morgan fingerprint density at radius 1 is 0.800 bits per heavy atom. The highest BCUT2D eigenvalue weighted by atomic mass is 19.3. The van der Waals surface area contributed by atoms with Gasteiger partial charge in [-0.1, -0.05) is 27.7 Å². The summed E-state index contributed by atoms with van der Waals surface area (Å²) >= 11 is 0. The van der Waals surface area contributed by atoms with E-state index in [4.69, 9.17) is 4.74 Å². The van der Waals surface area contributed by atoms with Gasteiger partial charge in [0.05, 0.1) is 23.4 Å². The SMILES string of the molecule is CC(C)(O)[C@@H]1CC[C@@](C)([C@H]2[C@@H](O)C[C@@]3(C)[C@@H]4CC[C@H]5C(C)(C)C(F)(F)CC[C@@]56C[C@@]46CC[C@]23C)O1. The van der Waals surface area contributed by atoms with Crippen molar-refractivity contribution < 1.29 is 23.7 Å². The van der Waals surface area contributed by atoms with Gasteiger partial charge in [0.2, 0.25) is 0 Å². The third-order valence-electron chi connectivity index (χ3n) is 13.9. The van der Waals surface area contributed by atoms with Gasteiger partial charge >= 0.3 is 0 Å². The fourth-order valence-electron chi connectivity index (χ4n) is 12.0. The lowest BCUT2D eigenvalue weighted by Gasteiger charge is -2.63. The van der Waals surface area contributed by atoms with E-state index in [9.17, 15) is 10.2 Å². The van der Waals surface area contributed by atoms with Crippen LogP contribution in [0.1, 0.15) is 113 Å². The quantitative estimate of drug-likeness (QED) is 0.447. The fraction of sp³-hybridized carbons (Fsp3) is 1.00. The molecule has 5 heteroatoms. The number of alkyl halides is 2. The first kappa shape index (κ1) is 25.0. The number of aliphatic hydroxyl groups is 2. The normalized spacial score (nSPS) is 58.2. The molecule has 0 radical (unpaired) electrons. The monoisotopic (exact) mass is 494 g/mol. The van der Waals surface area contributed by atoms with Gasteiger partial charge in [-0.3, -0.25) is 0 Å². The molecule has 0 aromatic carbocycles. The van der Waals surface area contributed by atoms with Crippen molar-refractivity contribution in [3.63, 3.8) is 0 Å². The summed E-state index contributed by atoms with van der Waals surface area (Å²) in [5.41, 5.74) is -2.10. The molecule has 6 fully saturated rings. The summed E-state index contributed by atoms with van der Waals surface area (Å²) in [5, 5.41) is 22.3. The van der Waals surface area contributed by atoms with Crippen molar-refractivity contribution >= 4 is 0 Å². The number of hydrogen-bond acceptors (Lipinski definition) is 3. The minimum Gasteiger partial charge on any atom is -0.393 e. The van der Waals surface area contributed by atoms with Crippen molar-refractivity contribution in [3.05, 3.63) is 0 Å². The summed E-state index contributed by atoms with van der Waals surface area (Å²) in [6.07, 6.45) is 7.72. The van der Waals surface area contributed by atoms with E-state index in [2.05, 4.69) is 20.8 Å². The highest BCUT2D eigenvalue weighted by molar-refractivity contribution is 5.32. The summed E-state index contributed by atoms with van der Waals surface area (Å²) in [7, 11) is 0. The highest BCUT2D eigenvalue weighted by Gasteiger charge is 2.84. The first-order chi connectivity index (χ1) is 15.9. The van der Waals surface area contributed by atoms with Crippen LogP contribution in [0.3, 0.4) is 0 Å². The molecule has 2 spiro atoms. The van der Waals surface area contributed by atoms with Gasteiger partial charge in [-0.2, -0.15) is 0 Å². The second kappa shape index (κ2) is 6.65. The molecule has 5 aliphatic carbocycles. The first-order valence-electron chi connectivity index (χ1n) is 14.4. The van der Waals surface area contributed by atoms with Crippen LogP contribution in [0.15, 0.2) is 0 Å². The maximum absolute atomic E-state index is 15.1. The van der Waals surface area contributed by atoms with E-state index in [0.717, 1.165) is 51.4 Å². The molecule has 1 heterocycles. The topological polar surface area (TPSA) is 49.7 Å². The van der Waals surface area contributed by atoms with Crippen LogP contribution in [0.25, 0.3) is 0 Å². The van der Waals surface area contributed by atoms with Crippen molar-refractivity contribution in [1.29, 1.82) is 0 Å². The molecule has 35 heavy (non-hydrogen) atoms. The lowest BCUT2D eigenvalue weighted by atomic mass is 9.41. The molecule has 1 saturated heterocycles. The molecule has 1 aliphatic heterocycles. The summed E-state index contributed by atoms with van der Waals surface area (Å²) in [5.74, 6) is -1.95. The van der Waals surface area contributed by atoms with E-state index in [-0.39, 0.29) is 46.0 Å². The van der Waals surface area contributed by atoms with Gasteiger partial charge in [0.1, 0.15) is 0 Å². The zero-order valence-corrected chi connectivity index (χ0v) is 23.0. The third kappa shape index (κ3) is 2.72. The second-order valence-corrected chi connectivity index (χ2v) is 15.8. The van der Waals surface area contributed by atoms with Crippen LogP contribution >= 0.6 is 0 Å². The molecule has 5 saturated carbocycles. The minimum absolute atomic E-state index is 0.0207. The van der Waals surface area contributed by atoms with E-state index in [1.165, 1.54) is 0 Å². The molecule has 6 aliphatic rings. The van der Waals surface area contributed by atoms with Gasteiger partial charge in [0.25, 0.3) is 5.92 Å². The zero-order chi connectivity index (χ0) is 25.7. The highest BCUT2D eigenvalue weighted by Crippen LogP contribution is 2.90. The molecule has 3 nitrogen and oxygen atoms in total. The average molecular weight is 495 g/mol. The third-order valence-corrected chi connectivity index (χ3v) is 13.9. The summed E-state index contributed by atoms with van der Waals surface area (Å²) < 4.78 is 36.8. The number of fused-ring (bicyclic) bond motifs is 2. The Hall–Kier alpha value is -0.260. The predicted octanol–water partition coefficient (Wildman–Crippen LogP) is 6.74. The Balaban J connectivity index is 1.34. The van der Waals surface area contributed by atoms with Gasteiger partial charge in [0.15, 0.2) is 0 Å². The van der Waals surface area contributed by atoms with Crippen molar-refractivity contribution in [1.82, 2.24) is 0 Å². The van der Waals surface area contributed by atoms with Gasteiger partial charge in [0, 0.05) is 17.8 Å². The van der Waals surface area contributed by atoms with E-state index >= 15 is 8.78 Å². The fourth-order valence-corrected chi connectivity index (χ4v) is 12.0. The first-order valence-corrected chi connectivity index (χ1v) is 14.4. The van der Waals surface area contributed by atoms with E-state index < -0.39 is 28.6 Å². The maximum Gasteiger partial charge on any atom is 0.253 e. The Bertz CT molecular complexity index is 927. The lowest BCUT2D eigenvalue weighted by Crippen LogP contribution is -2.60. The van der Waals surface area contributed by atoms with Crippen LogP contribution in [0.2, 0.25) is 0 Å². The molecular weight excluding hydrogens is 446 g/mol. The molecule has 2 N–H and O–H groups in total. The maximum atomic E-state index is 15.1. The molecule has 0 bridgehead atoms. The van der Waals surface area contributed by atoms with Gasteiger partial charge in [-0.25, -0.2) is 8.78 Å². The van der Waals surface area contributed by atoms with Crippen LogP contribution in [-0.2, 0) is 4.74 Å². The number of halogens is 2. The van der Waals surface area contributed by atoms with Crippen molar-refractivity contribution in [2.75, 3.05) is 0 Å². The molecule has 0 amide bonds. The van der Waals surface area contributed by atoms with Crippen molar-refractivity contribution in [2.45, 2.75) is 142 Å². The van der Waals surface area contributed by atoms with Crippen molar-refractivity contribution in [3.8, 4) is 0 Å². The molecule has 0 aromatic rings. The van der Waals surface area contributed by atoms with E-state index in [1.54, 1.807) is 0 Å². The van der Waals surface area contributed by atoms with Gasteiger partial charge < -0.3 is 14.9 Å². The van der Waals surface area contributed by atoms with Gasteiger partial charge in [-0.15, -0.1) is 0 Å². The zero-order valence-electron chi connectivity index (χ0n) is 23.0. The van der Waals surface area contributed by atoms with Crippen LogP contribution in [-0.4, -0.2) is 39.5 Å². The van der Waals surface area contributed by atoms with E-state index in [1.807, 2.05) is 27.7 Å². The van der Waals surface area contributed by atoms with Crippen molar-refractivity contribution in [2.24, 2.45) is 44.8 Å². The number of aliphatic hydroxyl groups excluding tert-OH is 1. The van der Waals surface area contributed by atoms with Crippen LogP contribution in [0.5, 0.6) is 0 Å². The Labute approximate surface area is 210 Å². The van der Waals surface area contributed by atoms with Crippen LogP contribution < -0.4 is 0 Å². The summed E-state index contributed by atoms with van der Waals surface area (Å²) in [6.45, 7) is 14.3. The van der Waals surface area contributed by atoms with Crippen LogP contribution in [0.4, 0.5) is 8.78 Å². The standard InChI is InChI=1S/C30H48F2O3/c1-23(2)19-8-9-20-26(6)16-18(33)22(27(7)11-10-21(35-27)24(3,4)34)25(26,5)12-13-29(20)17-28(19,29)14-15-30(23,31)32/h18-22,33-34H,8-17H2,1-7H3/t18-,19-,20-,21-,22-,25+,26-,27-,28+,29-/m0/s1. The molecule has 6 rings (SSSR count). The number of hydrogen-bond donors (Lipinski definition) is 2. The second-order valence-electron chi connectivity index (χ2n) is 15.8. The smallest absolute Gasteiger partial charge is 0.253 e. The molecule has 0 unspecified atom stereocenters. The largest absolute Gasteiger partial charge is 0.393 e. The Kier molecular flexibility index (Phi) is 4.76. The van der Waals surface area contributed by atoms with Crippen LogP contribution in [0, 0.1) is 44.8 Å². The van der Waals surface area contributed by atoms with E-state index in [0.29, 0.717) is 12.3 Å². The summed E-state index contributed by atoms with van der Waals surface area (Å²) in [6, 6.07) is 0. The predicted molar refractivity (Wildman–Crippen MR) is 132 cm³/mol. The minimum atomic E-state index is -2.58. The molecule has 10 atom stereocenters. The van der Waals surface area contributed by atoms with Gasteiger partial charge in [-0.05, 0) is 112 Å². The lowest BCUT2D eigenvalue weighted by molar-refractivity contribution is -0.222. The summed E-state index contributed by atoms with van der Waals surface area (Å²) in [4.78, 5) is 0. The Morgan fingerprint density at radius 2 is 1.40 bits per heavy atom.